The van der Waals surface area contributed by atoms with Crippen LogP contribution in [-0.4, -0.2) is 24.7 Å². The second-order valence-corrected chi connectivity index (χ2v) is 5.46. The predicted molar refractivity (Wildman–Crippen MR) is 74.8 cm³/mol. The summed E-state index contributed by atoms with van der Waals surface area (Å²) in [6.45, 7) is 5.95. The maximum absolute atomic E-state index is 5.87. The van der Waals surface area contributed by atoms with Crippen LogP contribution in [0.15, 0.2) is 24.4 Å². The summed E-state index contributed by atoms with van der Waals surface area (Å²) in [5.74, 6) is 1.60. The number of pyridine rings is 1. The molecule has 0 bridgehead atoms. The van der Waals surface area contributed by atoms with Crippen molar-refractivity contribution < 1.29 is 9.47 Å². The molecule has 2 heterocycles. The van der Waals surface area contributed by atoms with E-state index in [1.807, 2.05) is 24.4 Å². The van der Waals surface area contributed by atoms with Crippen LogP contribution in [0, 0.1) is 0 Å². The van der Waals surface area contributed by atoms with Crippen molar-refractivity contribution in [1.82, 2.24) is 4.98 Å². The zero-order chi connectivity index (χ0) is 13.5. The largest absolute Gasteiger partial charge is 0.486 e. The van der Waals surface area contributed by atoms with Gasteiger partial charge in [-0.15, -0.1) is 0 Å². The van der Waals surface area contributed by atoms with Crippen LogP contribution in [0.4, 0.5) is 0 Å². The lowest BCUT2D eigenvalue weighted by Crippen LogP contribution is -2.29. The average Bonchev–Trinajstić information content (AvgIpc) is 2.44. The Balaban J connectivity index is 2.24. The molecule has 0 unspecified atom stereocenters. The van der Waals surface area contributed by atoms with E-state index in [4.69, 9.17) is 15.2 Å². The molecule has 2 aromatic rings. The third-order valence-electron chi connectivity index (χ3n) is 3.58. The van der Waals surface area contributed by atoms with E-state index < -0.39 is 0 Å². The first-order chi connectivity index (χ1) is 9.12. The van der Waals surface area contributed by atoms with Gasteiger partial charge in [-0.1, -0.05) is 13.8 Å². The Morgan fingerprint density at radius 1 is 1.21 bits per heavy atom. The zero-order valence-electron chi connectivity index (χ0n) is 11.3. The topological polar surface area (TPSA) is 57.4 Å². The fourth-order valence-corrected chi connectivity index (χ4v) is 2.35. The number of rotatable bonds is 2. The zero-order valence-corrected chi connectivity index (χ0v) is 11.3. The lowest BCUT2D eigenvalue weighted by molar-refractivity contribution is 0.172. The monoisotopic (exact) mass is 258 g/mol. The third-order valence-corrected chi connectivity index (χ3v) is 3.58. The summed E-state index contributed by atoms with van der Waals surface area (Å²) < 4.78 is 11.3. The maximum atomic E-state index is 5.87. The van der Waals surface area contributed by atoms with Gasteiger partial charge < -0.3 is 15.2 Å². The molecule has 0 saturated carbocycles. The number of hydrogen-bond donors (Lipinski definition) is 1. The van der Waals surface area contributed by atoms with Crippen molar-refractivity contribution in [2.24, 2.45) is 5.73 Å². The highest BCUT2D eigenvalue weighted by atomic mass is 16.6. The maximum Gasteiger partial charge on any atom is 0.162 e. The van der Waals surface area contributed by atoms with Crippen LogP contribution in [0.1, 0.15) is 19.5 Å². The number of aromatic nitrogens is 1. The van der Waals surface area contributed by atoms with Crippen LogP contribution in [0.25, 0.3) is 10.8 Å². The number of ether oxygens (including phenoxy) is 2. The summed E-state index contributed by atoms with van der Waals surface area (Å²) in [6, 6.07) is 6.02. The summed E-state index contributed by atoms with van der Waals surface area (Å²) >= 11 is 0. The van der Waals surface area contributed by atoms with Gasteiger partial charge in [-0.2, -0.15) is 0 Å². The SMILES string of the molecule is CC(C)(CN)c1nccc2cc3c(cc12)OCCO3. The van der Waals surface area contributed by atoms with E-state index in [1.54, 1.807) is 0 Å². The number of benzene rings is 1. The molecule has 0 radical (unpaired) electrons. The van der Waals surface area contributed by atoms with Gasteiger partial charge in [-0.25, -0.2) is 0 Å². The van der Waals surface area contributed by atoms with E-state index in [-0.39, 0.29) is 5.41 Å². The van der Waals surface area contributed by atoms with Gasteiger partial charge in [-0.3, -0.25) is 4.98 Å². The molecule has 1 aliphatic heterocycles. The smallest absolute Gasteiger partial charge is 0.162 e. The van der Waals surface area contributed by atoms with Crippen molar-refractivity contribution >= 4 is 10.8 Å². The minimum absolute atomic E-state index is 0.163. The molecule has 100 valence electrons. The minimum atomic E-state index is -0.163. The molecule has 3 rings (SSSR count). The van der Waals surface area contributed by atoms with Crippen LogP contribution in [0.2, 0.25) is 0 Å². The Bertz CT molecular complexity index is 623. The van der Waals surface area contributed by atoms with E-state index >= 15 is 0 Å². The molecular formula is C15H18N2O2. The Hall–Kier alpha value is -1.81. The van der Waals surface area contributed by atoms with Crippen LogP contribution in [0.5, 0.6) is 11.5 Å². The van der Waals surface area contributed by atoms with Crippen molar-refractivity contribution in [2.75, 3.05) is 19.8 Å². The highest BCUT2D eigenvalue weighted by molar-refractivity contribution is 5.88. The first-order valence-electron chi connectivity index (χ1n) is 6.51. The molecule has 1 aromatic heterocycles. The summed E-state index contributed by atoms with van der Waals surface area (Å²) in [5, 5.41) is 2.19. The van der Waals surface area contributed by atoms with Crippen molar-refractivity contribution in [1.29, 1.82) is 0 Å². The van der Waals surface area contributed by atoms with Gasteiger partial charge in [0.25, 0.3) is 0 Å². The number of hydrogen-bond acceptors (Lipinski definition) is 4. The van der Waals surface area contributed by atoms with Gasteiger partial charge >= 0.3 is 0 Å². The second-order valence-electron chi connectivity index (χ2n) is 5.46. The molecule has 2 N–H and O–H groups in total. The van der Waals surface area contributed by atoms with E-state index in [0.29, 0.717) is 19.8 Å². The number of nitrogens with two attached hydrogens (primary N) is 1. The minimum Gasteiger partial charge on any atom is -0.486 e. The Kier molecular flexibility index (Phi) is 2.82. The van der Waals surface area contributed by atoms with E-state index in [1.165, 1.54) is 0 Å². The normalized spacial score (nSPS) is 14.7. The van der Waals surface area contributed by atoms with Crippen LogP contribution in [0.3, 0.4) is 0 Å². The van der Waals surface area contributed by atoms with Crippen LogP contribution < -0.4 is 15.2 Å². The molecule has 0 aliphatic carbocycles. The molecular weight excluding hydrogens is 240 g/mol. The lowest BCUT2D eigenvalue weighted by atomic mass is 9.86. The van der Waals surface area contributed by atoms with Gasteiger partial charge in [0.2, 0.25) is 0 Å². The standard InChI is InChI=1S/C15H18N2O2/c1-15(2,9-16)14-11-8-13-12(18-5-6-19-13)7-10(11)3-4-17-14/h3-4,7-8H,5-6,9,16H2,1-2H3. The highest BCUT2D eigenvalue weighted by Gasteiger charge is 2.24. The fourth-order valence-electron chi connectivity index (χ4n) is 2.35. The number of nitrogens with zero attached hydrogens (tertiary/aromatic N) is 1. The average molecular weight is 258 g/mol. The van der Waals surface area contributed by atoms with Crippen molar-refractivity contribution in [2.45, 2.75) is 19.3 Å². The summed E-state index contributed by atoms with van der Waals surface area (Å²) in [4.78, 5) is 4.52. The predicted octanol–water partition coefficient (Wildman–Crippen LogP) is 2.24. The van der Waals surface area contributed by atoms with E-state index in [0.717, 1.165) is 28.0 Å². The van der Waals surface area contributed by atoms with E-state index in [2.05, 4.69) is 18.8 Å². The van der Waals surface area contributed by atoms with Crippen molar-refractivity contribution in [3.05, 3.63) is 30.1 Å². The summed E-state index contributed by atoms with van der Waals surface area (Å²) in [5.41, 5.74) is 6.71. The molecule has 4 heteroatoms. The van der Waals surface area contributed by atoms with Crippen molar-refractivity contribution in [3.8, 4) is 11.5 Å². The number of fused-ring (bicyclic) bond motifs is 2. The van der Waals surface area contributed by atoms with Gasteiger partial charge in [0.1, 0.15) is 13.2 Å². The van der Waals surface area contributed by atoms with Gasteiger partial charge in [-0.05, 0) is 23.6 Å². The molecule has 0 amide bonds. The third kappa shape index (κ3) is 2.02. The molecule has 1 aliphatic rings. The molecule has 0 atom stereocenters. The summed E-state index contributed by atoms with van der Waals surface area (Å²) in [6.07, 6.45) is 1.82. The molecule has 4 nitrogen and oxygen atoms in total. The molecule has 19 heavy (non-hydrogen) atoms. The van der Waals surface area contributed by atoms with Gasteiger partial charge in [0.05, 0.1) is 5.69 Å². The van der Waals surface area contributed by atoms with E-state index in [9.17, 15) is 0 Å². The molecule has 0 saturated heterocycles. The quantitative estimate of drug-likeness (QED) is 0.897. The van der Waals surface area contributed by atoms with Crippen LogP contribution >= 0.6 is 0 Å². The fraction of sp³-hybridized carbons (Fsp3) is 0.400. The Morgan fingerprint density at radius 2 is 1.89 bits per heavy atom. The van der Waals surface area contributed by atoms with Gasteiger partial charge in [0.15, 0.2) is 11.5 Å². The Labute approximate surface area is 112 Å². The van der Waals surface area contributed by atoms with Crippen LogP contribution in [-0.2, 0) is 5.41 Å². The molecule has 0 spiro atoms. The van der Waals surface area contributed by atoms with Crippen molar-refractivity contribution in [3.63, 3.8) is 0 Å². The first kappa shape index (κ1) is 12.2. The second kappa shape index (κ2) is 4.38. The summed E-state index contributed by atoms with van der Waals surface area (Å²) in [7, 11) is 0. The Morgan fingerprint density at radius 3 is 2.58 bits per heavy atom. The molecule has 1 aromatic carbocycles. The van der Waals surface area contributed by atoms with Gasteiger partial charge in [0, 0.05) is 23.5 Å². The lowest BCUT2D eigenvalue weighted by Gasteiger charge is -2.25. The first-order valence-corrected chi connectivity index (χ1v) is 6.51. The highest BCUT2D eigenvalue weighted by Crippen LogP contribution is 2.37. The molecule has 0 fully saturated rings.